The van der Waals surface area contributed by atoms with Crippen molar-refractivity contribution < 1.29 is 9.53 Å². The third-order valence-corrected chi connectivity index (χ3v) is 7.19. The van der Waals surface area contributed by atoms with Crippen molar-refractivity contribution in [3.05, 3.63) is 59.4 Å². The molecule has 1 saturated heterocycles. The molecule has 8 heteroatoms. The SMILES string of the molecule is Cc1cc2nc(N(CCCN3CCOCC3)C(=O)c3ccc4nccnc4c3)sc2cc1C. The van der Waals surface area contributed by atoms with E-state index in [0.717, 1.165) is 60.1 Å². The van der Waals surface area contributed by atoms with Crippen LogP contribution >= 0.6 is 11.3 Å². The standard InChI is InChI=1S/C25H27N5O2S/c1-17-14-22-23(15-18(17)2)33-25(28-22)30(9-3-8-29-10-12-32-13-11-29)24(31)19-4-5-20-21(16-19)27-7-6-26-20/h4-7,14-16H,3,8-13H2,1-2H3. The van der Waals surface area contributed by atoms with E-state index >= 15 is 0 Å². The van der Waals surface area contributed by atoms with Gasteiger partial charge >= 0.3 is 0 Å². The van der Waals surface area contributed by atoms with E-state index in [2.05, 4.69) is 40.8 Å². The number of benzene rings is 2. The number of rotatable bonds is 6. The summed E-state index contributed by atoms with van der Waals surface area (Å²) in [7, 11) is 0. The lowest BCUT2D eigenvalue weighted by molar-refractivity contribution is 0.0376. The van der Waals surface area contributed by atoms with Crippen LogP contribution in [0.1, 0.15) is 27.9 Å². The van der Waals surface area contributed by atoms with Crippen LogP contribution in [0.5, 0.6) is 0 Å². The molecule has 0 spiro atoms. The third kappa shape index (κ3) is 4.73. The van der Waals surface area contributed by atoms with Gasteiger partial charge < -0.3 is 4.74 Å². The molecule has 1 amide bonds. The first-order valence-electron chi connectivity index (χ1n) is 11.3. The van der Waals surface area contributed by atoms with E-state index < -0.39 is 0 Å². The Bertz CT molecular complexity index is 1260. The number of amides is 1. The number of carbonyl (C=O) groups is 1. The fourth-order valence-electron chi connectivity index (χ4n) is 4.10. The van der Waals surface area contributed by atoms with Gasteiger partial charge in [0, 0.05) is 44.1 Å². The molecule has 2 aromatic heterocycles. The number of carbonyl (C=O) groups excluding carboxylic acids is 1. The number of aryl methyl sites for hydroxylation is 2. The number of hydrogen-bond donors (Lipinski definition) is 0. The average Bonchev–Trinajstić information content (AvgIpc) is 3.24. The molecule has 5 rings (SSSR count). The predicted octanol–water partition coefficient (Wildman–Crippen LogP) is 4.23. The molecule has 1 aliphatic rings. The number of anilines is 1. The van der Waals surface area contributed by atoms with Gasteiger partial charge in [-0.1, -0.05) is 11.3 Å². The molecule has 0 bridgehead atoms. The van der Waals surface area contributed by atoms with Gasteiger partial charge in [0.1, 0.15) is 0 Å². The van der Waals surface area contributed by atoms with Crippen LogP contribution in [0, 0.1) is 13.8 Å². The largest absolute Gasteiger partial charge is 0.379 e. The molecule has 3 heterocycles. The predicted molar refractivity (Wildman–Crippen MR) is 132 cm³/mol. The molecular formula is C25H27N5O2S. The lowest BCUT2D eigenvalue weighted by Gasteiger charge is -2.27. The summed E-state index contributed by atoms with van der Waals surface area (Å²) >= 11 is 1.57. The highest BCUT2D eigenvalue weighted by Gasteiger charge is 2.22. The van der Waals surface area contributed by atoms with Crippen molar-refractivity contribution >= 4 is 43.6 Å². The second-order valence-electron chi connectivity index (χ2n) is 8.42. The van der Waals surface area contributed by atoms with Crippen molar-refractivity contribution in [3.8, 4) is 0 Å². The van der Waals surface area contributed by atoms with E-state index in [0.29, 0.717) is 17.6 Å². The summed E-state index contributed by atoms with van der Waals surface area (Å²) in [6, 6.07) is 9.77. The summed E-state index contributed by atoms with van der Waals surface area (Å²) in [5.41, 5.74) is 5.47. The van der Waals surface area contributed by atoms with Gasteiger partial charge in [0.25, 0.3) is 5.91 Å². The van der Waals surface area contributed by atoms with Crippen molar-refractivity contribution in [2.75, 3.05) is 44.3 Å². The van der Waals surface area contributed by atoms with Gasteiger partial charge in [-0.3, -0.25) is 24.6 Å². The topological polar surface area (TPSA) is 71.5 Å². The number of nitrogens with zero attached hydrogens (tertiary/aromatic N) is 5. The molecule has 0 unspecified atom stereocenters. The minimum Gasteiger partial charge on any atom is -0.379 e. The van der Waals surface area contributed by atoms with Gasteiger partial charge in [-0.15, -0.1) is 0 Å². The number of morpholine rings is 1. The molecule has 0 N–H and O–H groups in total. The monoisotopic (exact) mass is 461 g/mol. The van der Waals surface area contributed by atoms with Gasteiger partial charge in [-0.2, -0.15) is 0 Å². The number of aromatic nitrogens is 3. The maximum atomic E-state index is 13.7. The summed E-state index contributed by atoms with van der Waals surface area (Å²) in [4.78, 5) is 31.4. The molecule has 0 atom stereocenters. The Morgan fingerprint density at radius 2 is 1.79 bits per heavy atom. The summed E-state index contributed by atoms with van der Waals surface area (Å²) in [6.45, 7) is 9.17. The summed E-state index contributed by atoms with van der Waals surface area (Å²) < 4.78 is 6.56. The average molecular weight is 462 g/mol. The summed E-state index contributed by atoms with van der Waals surface area (Å²) in [5.74, 6) is -0.0583. The van der Waals surface area contributed by atoms with E-state index in [4.69, 9.17) is 9.72 Å². The van der Waals surface area contributed by atoms with Crippen LogP contribution < -0.4 is 4.90 Å². The molecule has 1 aliphatic heterocycles. The van der Waals surface area contributed by atoms with Crippen LogP contribution in [-0.4, -0.2) is 65.2 Å². The quantitative estimate of drug-likeness (QED) is 0.428. The first-order chi connectivity index (χ1) is 16.1. The highest BCUT2D eigenvalue weighted by atomic mass is 32.1. The number of hydrogen-bond acceptors (Lipinski definition) is 7. The zero-order valence-corrected chi connectivity index (χ0v) is 19.8. The van der Waals surface area contributed by atoms with Crippen molar-refractivity contribution in [3.63, 3.8) is 0 Å². The molecule has 0 saturated carbocycles. The Labute approximate surface area is 197 Å². The molecule has 7 nitrogen and oxygen atoms in total. The molecular weight excluding hydrogens is 434 g/mol. The smallest absolute Gasteiger partial charge is 0.260 e. The van der Waals surface area contributed by atoms with E-state index in [9.17, 15) is 4.79 Å². The van der Waals surface area contributed by atoms with Crippen molar-refractivity contribution in [2.24, 2.45) is 0 Å². The first kappa shape index (κ1) is 21.9. The fraction of sp³-hybridized carbons (Fsp3) is 0.360. The van der Waals surface area contributed by atoms with Crippen LogP contribution in [0.25, 0.3) is 21.3 Å². The number of thiazole rings is 1. The lowest BCUT2D eigenvalue weighted by atomic mass is 10.1. The number of ether oxygens (including phenoxy) is 1. The van der Waals surface area contributed by atoms with Gasteiger partial charge in [0.05, 0.1) is 34.5 Å². The van der Waals surface area contributed by atoms with Crippen LogP contribution in [0.2, 0.25) is 0 Å². The van der Waals surface area contributed by atoms with Crippen molar-refractivity contribution in [2.45, 2.75) is 20.3 Å². The second-order valence-corrected chi connectivity index (χ2v) is 9.43. The van der Waals surface area contributed by atoms with Crippen molar-refractivity contribution in [1.82, 2.24) is 19.9 Å². The van der Waals surface area contributed by atoms with Crippen molar-refractivity contribution in [1.29, 1.82) is 0 Å². The normalized spacial score (nSPS) is 14.7. The number of fused-ring (bicyclic) bond motifs is 2. The lowest BCUT2D eigenvalue weighted by Crippen LogP contribution is -2.39. The zero-order valence-electron chi connectivity index (χ0n) is 19.0. The Morgan fingerprint density at radius 3 is 2.61 bits per heavy atom. The molecule has 33 heavy (non-hydrogen) atoms. The summed E-state index contributed by atoms with van der Waals surface area (Å²) in [6.07, 6.45) is 4.18. The highest BCUT2D eigenvalue weighted by molar-refractivity contribution is 7.22. The van der Waals surface area contributed by atoms with E-state index in [1.54, 1.807) is 23.7 Å². The van der Waals surface area contributed by atoms with Gasteiger partial charge in [-0.05, 0) is 61.7 Å². The van der Waals surface area contributed by atoms with Crippen LogP contribution in [0.3, 0.4) is 0 Å². The van der Waals surface area contributed by atoms with Gasteiger partial charge in [0.15, 0.2) is 5.13 Å². The molecule has 0 aliphatic carbocycles. The van der Waals surface area contributed by atoms with E-state index in [1.807, 2.05) is 23.1 Å². The molecule has 1 fully saturated rings. The van der Waals surface area contributed by atoms with Crippen LogP contribution in [0.15, 0.2) is 42.7 Å². The minimum absolute atomic E-state index is 0.0583. The zero-order chi connectivity index (χ0) is 22.8. The second kappa shape index (κ2) is 9.51. The molecule has 0 radical (unpaired) electrons. The summed E-state index contributed by atoms with van der Waals surface area (Å²) in [5, 5.41) is 0.737. The molecule has 170 valence electrons. The van der Waals surface area contributed by atoms with Gasteiger partial charge in [0.2, 0.25) is 0 Å². The maximum Gasteiger partial charge on any atom is 0.260 e. The first-order valence-corrected chi connectivity index (χ1v) is 12.1. The fourth-order valence-corrected chi connectivity index (χ4v) is 5.17. The Kier molecular flexibility index (Phi) is 6.30. The maximum absolute atomic E-state index is 13.7. The Morgan fingerprint density at radius 1 is 1.03 bits per heavy atom. The van der Waals surface area contributed by atoms with Gasteiger partial charge in [-0.25, -0.2) is 4.98 Å². The van der Waals surface area contributed by atoms with E-state index in [-0.39, 0.29) is 5.91 Å². The molecule has 2 aromatic carbocycles. The van der Waals surface area contributed by atoms with E-state index in [1.165, 1.54) is 11.1 Å². The Balaban J connectivity index is 1.45. The highest BCUT2D eigenvalue weighted by Crippen LogP contribution is 2.32. The molecule has 4 aromatic rings. The van der Waals surface area contributed by atoms with Crippen LogP contribution in [0.4, 0.5) is 5.13 Å². The third-order valence-electron chi connectivity index (χ3n) is 6.14. The van der Waals surface area contributed by atoms with Crippen LogP contribution in [-0.2, 0) is 4.74 Å². The Hall–Kier alpha value is -2.94. The minimum atomic E-state index is -0.0583.